The minimum atomic E-state index is -0.607. The standard InChI is InChI=1S/C42H47N5O7/c48-27-28-14-16-30(17-15-28)38-24-35(26-46-20-18-34(19-21-46)47-37-11-2-1-10-36(37)44-42(47)51)53-41(54-38)33-9-4-8-32(23-33)31-7-3-6-29(22-31)25-43-39(49)12-5-13-40(50)45-52/h1-4,6-11,14-17,22-23,34-35,38,41,48,52H,5,12-13,18-21,24-27H2,(H,43,49)(H,44,51)(H,45,50). The van der Waals surface area contributed by atoms with Crippen LogP contribution >= 0.6 is 0 Å². The van der Waals surface area contributed by atoms with Gasteiger partial charge >= 0.3 is 5.69 Å². The van der Waals surface area contributed by atoms with E-state index < -0.39 is 12.2 Å². The largest absolute Gasteiger partial charge is 0.392 e. The Morgan fingerprint density at radius 3 is 2.33 bits per heavy atom. The highest BCUT2D eigenvalue weighted by molar-refractivity contribution is 5.78. The summed E-state index contributed by atoms with van der Waals surface area (Å²) >= 11 is 0. The average Bonchev–Trinajstić information content (AvgIpc) is 3.55. The summed E-state index contributed by atoms with van der Waals surface area (Å²) < 4.78 is 15.3. The number of rotatable bonds is 13. The SMILES string of the molecule is O=C(CCCC(=O)NCc1cccc(-c2cccc(C3OC(CN4CCC(n5c(=O)[nH]c6ccccc65)CC4)CC(c4ccc(CO)cc4)O3)c2)c1)NO. The number of aromatic amines is 1. The molecule has 0 aliphatic carbocycles. The molecule has 3 heterocycles. The molecule has 0 radical (unpaired) electrons. The van der Waals surface area contributed by atoms with Gasteiger partial charge in [-0.05, 0) is 71.3 Å². The molecule has 2 fully saturated rings. The van der Waals surface area contributed by atoms with Crippen molar-refractivity contribution < 1.29 is 29.4 Å². The highest BCUT2D eigenvalue weighted by Gasteiger charge is 2.34. The van der Waals surface area contributed by atoms with Crippen LogP contribution in [0.4, 0.5) is 0 Å². The summed E-state index contributed by atoms with van der Waals surface area (Å²) in [5, 5.41) is 21.2. The Hall–Kier alpha value is -5.11. The normalized spacial score (nSPS) is 19.5. The second-order valence-corrected chi connectivity index (χ2v) is 14.2. The van der Waals surface area contributed by atoms with Crippen LogP contribution in [0, 0.1) is 0 Å². The number of ether oxygens (including phenoxy) is 2. The zero-order valence-electron chi connectivity index (χ0n) is 30.2. The summed E-state index contributed by atoms with van der Waals surface area (Å²) in [6.07, 6.45) is 2.11. The molecule has 2 aliphatic rings. The number of carbonyl (C=O) groups excluding carboxylic acids is 2. The number of nitrogens with one attached hydrogen (secondary N) is 3. The number of aliphatic hydroxyl groups excluding tert-OH is 1. The number of carbonyl (C=O) groups is 2. The maximum Gasteiger partial charge on any atom is 0.326 e. The van der Waals surface area contributed by atoms with E-state index in [-0.39, 0.29) is 49.3 Å². The summed E-state index contributed by atoms with van der Waals surface area (Å²) in [6.45, 7) is 2.77. The van der Waals surface area contributed by atoms with Gasteiger partial charge in [0.15, 0.2) is 6.29 Å². The number of H-pyrrole nitrogens is 1. The van der Waals surface area contributed by atoms with E-state index in [9.17, 15) is 19.5 Å². The van der Waals surface area contributed by atoms with Crippen molar-refractivity contribution in [2.75, 3.05) is 19.6 Å². The first-order chi connectivity index (χ1) is 26.4. The molecule has 2 aliphatic heterocycles. The van der Waals surface area contributed by atoms with Gasteiger partial charge < -0.3 is 29.8 Å². The molecule has 2 amide bonds. The molecule has 5 N–H and O–H groups in total. The molecular formula is C42H47N5O7. The molecule has 12 nitrogen and oxygen atoms in total. The van der Waals surface area contributed by atoms with Crippen molar-refractivity contribution in [2.24, 2.45) is 0 Å². The quantitative estimate of drug-likeness (QED) is 0.0766. The van der Waals surface area contributed by atoms with E-state index >= 15 is 0 Å². The number of piperidine rings is 1. The van der Waals surface area contributed by atoms with Gasteiger partial charge in [-0.3, -0.25) is 19.4 Å². The number of amides is 2. The predicted octanol–water partition coefficient (Wildman–Crippen LogP) is 5.66. The number of imidazole rings is 1. The maximum atomic E-state index is 12.9. The molecule has 7 rings (SSSR count). The lowest BCUT2D eigenvalue weighted by molar-refractivity contribution is -0.253. The number of aromatic nitrogens is 2. The first-order valence-electron chi connectivity index (χ1n) is 18.7. The van der Waals surface area contributed by atoms with Crippen molar-refractivity contribution in [1.82, 2.24) is 25.2 Å². The molecule has 54 heavy (non-hydrogen) atoms. The lowest BCUT2D eigenvalue weighted by Crippen LogP contribution is -2.43. The second-order valence-electron chi connectivity index (χ2n) is 14.2. The Morgan fingerprint density at radius 1 is 0.815 bits per heavy atom. The molecular weight excluding hydrogens is 686 g/mol. The van der Waals surface area contributed by atoms with E-state index in [1.54, 1.807) is 5.48 Å². The topological polar surface area (TPSA) is 158 Å². The van der Waals surface area contributed by atoms with Crippen molar-refractivity contribution in [3.8, 4) is 11.1 Å². The van der Waals surface area contributed by atoms with Gasteiger partial charge in [-0.2, -0.15) is 0 Å². The van der Waals surface area contributed by atoms with Crippen LogP contribution in [0.2, 0.25) is 0 Å². The molecule has 3 unspecified atom stereocenters. The number of hydrogen-bond donors (Lipinski definition) is 5. The fourth-order valence-electron chi connectivity index (χ4n) is 7.60. The van der Waals surface area contributed by atoms with Crippen LogP contribution in [-0.4, -0.2) is 62.3 Å². The van der Waals surface area contributed by atoms with Crippen LogP contribution in [0.3, 0.4) is 0 Å². The number of hydrogen-bond acceptors (Lipinski definition) is 8. The third-order valence-electron chi connectivity index (χ3n) is 10.5. The van der Waals surface area contributed by atoms with Gasteiger partial charge in [0.25, 0.3) is 0 Å². The smallest absolute Gasteiger partial charge is 0.326 e. The molecule has 0 spiro atoms. The predicted molar refractivity (Wildman–Crippen MR) is 203 cm³/mol. The second kappa shape index (κ2) is 17.4. The summed E-state index contributed by atoms with van der Waals surface area (Å²) in [5.74, 6) is -0.675. The van der Waals surface area contributed by atoms with Gasteiger partial charge in [0.1, 0.15) is 0 Å². The van der Waals surface area contributed by atoms with E-state index in [4.69, 9.17) is 14.7 Å². The molecule has 4 aromatic carbocycles. The van der Waals surface area contributed by atoms with Gasteiger partial charge in [0, 0.05) is 57.0 Å². The third-order valence-corrected chi connectivity index (χ3v) is 10.5. The highest BCUT2D eigenvalue weighted by atomic mass is 16.7. The minimum absolute atomic E-state index is 0.0212. The van der Waals surface area contributed by atoms with Crippen LogP contribution in [0.25, 0.3) is 22.2 Å². The van der Waals surface area contributed by atoms with Crippen LogP contribution in [0.15, 0.2) is 102 Å². The van der Waals surface area contributed by atoms with Crippen molar-refractivity contribution >= 4 is 22.8 Å². The van der Waals surface area contributed by atoms with E-state index in [1.807, 2.05) is 95.6 Å². The first kappa shape index (κ1) is 37.2. The molecule has 2 saturated heterocycles. The number of likely N-dealkylation sites (tertiary alicyclic amines) is 1. The maximum absolute atomic E-state index is 12.9. The number of nitrogens with zero attached hydrogens (tertiary/aromatic N) is 2. The Morgan fingerprint density at radius 2 is 1.56 bits per heavy atom. The van der Waals surface area contributed by atoms with Gasteiger partial charge in [0.2, 0.25) is 11.8 Å². The molecule has 0 bridgehead atoms. The number of fused-ring (bicyclic) bond motifs is 1. The molecule has 5 aromatic rings. The summed E-state index contributed by atoms with van der Waals surface area (Å²) in [7, 11) is 0. The van der Waals surface area contributed by atoms with Gasteiger partial charge in [-0.1, -0.05) is 72.8 Å². The first-order valence-corrected chi connectivity index (χ1v) is 18.7. The Kier molecular flexibility index (Phi) is 12.0. The fraction of sp³-hybridized carbons (Fsp3) is 0.357. The number of aliphatic hydroxyl groups is 1. The van der Waals surface area contributed by atoms with Crippen LogP contribution in [-0.2, 0) is 32.2 Å². The van der Waals surface area contributed by atoms with Gasteiger partial charge in [0.05, 0.1) is 29.8 Å². The van der Waals surface area contributed by atoms with E-state index in [0.717, 1.165) is 76.9 Å². The third kappa shape index (κ3) is 8.98. The van der Waals surface area contributed by atoms with Crippen LogP contribution in [0.1, 0.15) is 79.2 Å². The summed E-state index contributed by atoms with van der Waals surface area (Å²) in [4.78, 5) is 41.9. The van der Waals surface area contributed by atoms with Gasteiger partial charge in [-0.15, -0.1) is 0 Å². The van der Waals surface area contributed by atoms with Crippen molar-refractivity contribution in [3.63, 3.8) is 0 Å². The van der Waals surface area contributed by atoms with Crippen LogP contribution in [0.5, 0.6) is 0 Å². The molecule has 12 heteroatoms. The van der Waals surface area contributed by atoms with Crippen molar-refractivity contribution in [2.45, 2.75) is 76.2 Å². The molecule has 282 valence electrons. The zero-order chi connectivity index (χ0) is 37.4. The lowest BCUT2D eigenvalue weighted by Gasteiger charge is -2.40. The number of benzene rings is 4. The monoisotopic (exact) mass is 733 g/mol. The minimum Gasteiger partial charge on any atom is -0.392 e. The molecule has 0 saturated carbocycles. The summed E-state index contributed by atoms with van der Waals surface area (Å²) in [5.41, 5.74) is 9.04. The Balaban J connectivity index is 1.03. The highest BCUT2D eigenvalue weighted by Crippen LogP contribution is 2.39. The Labute approximate surface area is 313 Å². The van der Waals surface area contributed by atoms with E-state index in [0.29, 0.717) is 19.4 Å². The Bertz CT molecular complexity index is 2100. The zero-order valence-corrected chi connectivity index (χ0v) is 30.2. The average molecular weight is 734 g/mol. The van der Waals surface area contributed by atoms with Crippen LogP contribution < -0.4 is 16.5 Å². The van der Waals surface area contributed by atoms with Gasteiger partial charge in [-0.25, -0.2) is 10.3 Å². The van der Waals surface area contributed by atoms with Crippen molar-refractivity contribution in [1.29, 1.82) is 0 Å². The van der Waals surface area contributed by atoms with E-state index in [2.05, 4.69) is 21.3 Å². The molecule has 3 atom stereocenters. The number of hydroxylamine groups is 1. The fourth-order valence-corrected chi connectivity index (χ4v) is 7.60. The van der Waals surface area contributed by atoms with Crippen molar-refractivity contribution in [3.05, 3.63) is 130 Å². The van der Waals surface area contributed by atoms with E-state index in [1.165, 1.54) is 0 Å². The lowest BCUT2D eigenvalue weighted by atomic mass is 9.97. The summed E-state index contributed by atoms with van der Waals surface area (Å²) in [6, 6.07) is 32.0. The molecule has 1 aromatic heterocycles. The number of para-hydroxylation sites is 2.